The molecular formula is C37H46N4O. The van der Waals surface area contributed by atoms with Crippen LogP contribution in [0.4, 0.5) is 22.7 Å². The number of phenolic OH excluding ortho intramolecular Hbond substituents is 1. The van der Waals surface area contributed by atoms with E-state index in [1.54, 1.807) is 6.07 Å². The van der Waals surface area contributed by atoms with E-state index in [4.69, 9.17) is 0 Å². The summed E-state index contributed by atoms with van der Waals surface area (Å²) in [5.41, 5.74) is 9.66. The summed E-state index contributed by atoms with van der Waals surface area (Å²) in [4.78, 5) is 0. The van der Waals surface area contributed by atoms with Gasteiger partial charge in [-0.3, -0.25) is 0 Å². The largest absolute Gasteiger partial charge is 0.506 e. The Morgan fingerprint density at radius 3 is 1.55 bits per heavy atom. The Labute approximate surface area is 252 Å². The zero-order valence-corrected chi connectivity index (χ0v) is 26.7. The van der Waals surface area contributed by atoms with Gasteiger partial charge >= 0.3 is 0 Å². The highest BCUT2D eigenvalue weighted by Gasteiger charge is 2.13. The maximum Gasteiger partial charge on any atom is 0.143 e. The number of aryl methyl sites for hydroxylation is 3. The summed E-state index contributed by atoms with van der Waals surface area (Å²) < 4.78 is 0. The zero-order valence-electron chi connectivity index (χ0n) is 26.7. The molecule has 0 unspecified atom stereocenters. The Morgan fingerprint density at radius 1 is 0.500 bits per heavy atom. The molecular weight excluding hydrogens is 516 g/mol. The van der Waals surface area contributed by atoms with E-state index >= 15 is 0 Å². The summed E-state index contributed by atoms with van der Waals surface area (Å²) >= 11 is 0. The molecule has 4 rings (SSSR count). The van der Waals surface area contributed by atoms with Crippen molar-refractivity contribution >= 4 is 22.7 Å². The predicted octanol–water partition coefficient (Wildman–Crippen LogP) is 12.0. The van der Waals surface area contributed by atoms with Gasteiger partial charge in [0.05, 0.1) is 17.1 Å². The number of hydrogen-bond donors (Lipinski definition) is 1. The first-order valence-corrected chi connectivity index (χ1v) is 14.6. The van der Waals surface area contributed by atoms with Gasteiger partial charge in [-0.1, -0.05) is 89.6 Å². The summed E-state index contributed by atoms with van der Waals surface area (Å²) in [7, 11) is 0. The first kappa shape index (κ1) is 32.4. The van der Waals surface area contributed by atoms with Gasteiger partial charge < -0.3 is 5.11 Å². The Balaban J connectivity index is 0.000000230. The van der Waals surface area contributed by atoms with Crippen LogP contribution in [0, 0.1) is 31.6 Å². The maximum atomic E-state index is 9.90. The summed E-state index contributed by atoms with van der Waals surface area (Å²) in [5.74, 6) is 0.156. The summed E-state index contributed by atoms with van der Waals surface area (Å²) in [6.45, 7) is 19.5. The second-order valence-corrected chi connectivity index (χ2v) is 13.5. The van der Waals surface area contributed by atoms with Crippen LogP contribution in [0.1, 0.15) is 69.4 Å². The van der Waals surface area contributed by atoms with E-state index in [1.807, 2.05) is 55.5 Å². The number of phenols is 1. The molecule has 5 heteroatoms. The van der Waals surface area contributed by atoms with Gasteiger partial charge in [0, 0.05) is 0 Å². The van der Waals surface area contributed by atoms with E-state index in [-0.39, 0.29) is 11.2 Å². The number of nitrogens with zero attached hydrogens (tertiary/aromatic N) is 4. The molecule has 0 bridgehead atoms. The second kappa shape index (κ2) is 14.2. The van der Waals surface area contributed by atoms with Crippen LogP contribution in [-0.4, -0.2) is 5.11 Å². The number of benzene rings is 4. The first-order chi connectivity index (χ1) is 19.7. The van der Waals surface area contributed by atoms with Gasteiger partial charge in [-0.05, 0) is 109 Å². The van der Waals surface area contributed by atoms with Gasteiger partial charge in [0.15, 0.2) is 0 Å². The van der Waals surface area contributed by atoms with Crippen molar-refractivity contribution in [1.82, 2.24) is 0 Å². The Kier molecular flexibility index (Phi) is 10.9. The number of hydrogen-bond acceptors (Lipinski definition) is 5. The number of rotatable bonds is 6. The van der Waals surface area contributed by atoms with Gasteiger partial charge in [0.1, 0.15) is 11.4 Å². The predicted molar refractivity (Wildman–Crippen MR) is 176 cm³/mol. The van der Waals surface area contributed by atoms with E-state index in [9.17, 15) is 5.11 Å². The van der Waals surface area contributed by atoms with Crippen molar-refractivity contribution in [2.24, 2.45) is 31.3 Å². The first-order valence-electron chi connectivity index (χ1n) is 14.6. The molecule has 0 aliphatic carbocycles. The lowest BCUT2D eigenvalue weighted by molar-refractivity contribution is 0.410. The second-order valence-electron chi connectivity index (χ2n) is 13.5. The molecule has 0 heterocycles. The van der Waals surface area contributed by atoms with Crippen LogP contribution in [0.25, 0.3) is 0 Å². The van der Waals surface area contributed by atoms with Crippen LogP contribution in [0.3, 0.4) is 0 Å². The number of azo groups is 2. The molecule has 0 aromatic heterocycles. The third kappa shape index (κ3) is 11.4. The van der Waals surface area contributed by atoms with E-state index in [0.29, 0.717) is 11.1 Å². The third-order valence-corrected chi connectivity index (χ3v) is 6.39. The molecule has 0 aliphatic rings. The normalized spacial score (nSPS) is 12.0. The van der Waals surface area contributed by atoms with Gasteiger partial charge in [0.25, 0.3) is 0 Å². The van der Waals surface area contributed by atoms with Gasteiger partial charge in [0.2, 0.25) is 0 Å². The minimum atomic E-state index is 0.156. The van der Waals surface area contributed by atoms with Gasteiger partial charge in [-0.2, -0.15) is 15.3 Å². The lowest BCUT2D eigenvalue weighted by atomic mass is 9.88. The van der Waals surface area contributed by atoms with Gasteiger partial charge in [-0.25, -0.2) is 0 Å². The Hall–Kier alpha value is -4.12. The molecule has 0 atom stereocenters. The molecule has 0 aliphatic heterocycles. The molecule has 5 nitrogen and oxygen atoms in total. The lowest BCUT2D eigenvalue weighted by Crippen LogP contribution is -2.08. The third-order valence-electron chi connectivity index (χ3n) is 6.39. The highest BCUT2D eigenvalue weighted by Crippen LogP contribution is 2.32. The average Bonchev–Trinajstić information content (AvgIpc) is 2.90. The molecule has 4 aromatic rings. The van der Waals surface area contributed by atoms with Crippen LogP contribution < -0.4 is 0 Å². The molecule has 42 heavy (non-hydrogen) atoms. The Morgan fingerprint density at radius 2 is 0.976 bits per heavy atom. The van der Waals surface area contributed by atoms with Crippen LogP contribution >= 0.6 is 0 Å². The molecule has 0 spiro atoms. The van der Waals surface area contributed by atoms with Crippen molar-refractivity contribution in [3.8, 4) is 5.75 Å². The van der Waals surface area contributed by atoms with E-state index in [0.717, 1.165) is 41.0 Å². The molecule has 0 saturated heterocycles. The van der Waals surface area contributed by atoms with E-state index in [2.05, 4.69) is 106 Å². The van der Waals surface area contributed by atoms with Crippen molar-refractivity contribution in [3.05, 3.63) is 113 Å². The van der Waals surface area contributed by atoms with Crippen LogP contribution in [-0.2, 0) is 12.8 Å². The lowest BCUT2D eigenvalue weighted by Gasteiger charge is -2.18. The fourth-order valence-corrected chi connectivity index (χ4v) is 4.33. The monoisotopic (exact) mass is 562 g/mol. The molecule has 1 N–H and O–H groups in total. The number of aromatic hydroxyl groups is 1. The van der Waals surface area contributed by atoms with Crippen LogP contribution in [0.2, 0.25) is 0 Å². The highest BCUT2D eigenvalue weighted by molar-refractivity contribution is 5.53. The fourth-order valence-electron chi connectivity index (χ4n) is 4.33. The van der Waals surface area contributed by atoms with Crippen LogP contribution in [0.15, 0.2) is 105 Å². The molecule has 4 aromatic carbocycles. The van der Waals surface area contributed by atoms with Crippen molar-refractivity contribution in [3.63, 3.8) is 0 Å². The zero-order chi connectivity index (χ0) is 30.9. The maximum absolute atomic E-state index is 9.90. The Bertz CT molecular complexity index is 1500. The minimum Gasteiger partial charge on any atom is -0.506 e. The van der Waals surface area contributed by atoms with E-state index in [1.165, 1.54) is 16.7 Å². The van der Waals surface area contributed by atoms with Gasteiger partial charge in [-0.15, -0.1) is 5.11 Å². The molecule has 0 fully saturated rings. The van der Waals surface area contributed by atoms with Crippen LogP contribution in [0.5, 0.6) is 5.75 Å². The molecule has 220 valence electrons. The minimum absolute atomic E-state index is 0.156. The summed E-state index contributed by atoms with van der Waals surface area (Å²) in [5, 5.41) is 27.0. The summed E-state index contributed by atoms with van der Waals surface area (Å²) in [6, 6.07) is 27.9. The topological polar surface area (TPSA) is 69.7 Å². The smallest absolute Gasteiger partial charge is 0.143 e. The van der Waals surface area contributed by atoms with Crippen molar-refractivity contribution < 1.29 is 5.11 Å². The summed E-state index contributed by atoms with van der Waals surface area (Å²) in [6.07, 6.45) is 2.00. The van der Waals surface area contributed by atoms with Crippen molar-refractivity contribution in [1.29, 1.82) is 0 Å². The van der Waals surface area contributed by atoms with Crippen molar-refractivity contribution in [2.45, 2.75) is 75.2 Å². The SMILES string of the molecule is Cc1ccc(C)c(N=Nc2ccc(CC(C)(C)C)cc2)c1.Cc1ccc(N=Nc2cc(CC(C)(C)C)ccc2O)cc1. The fraction of sp³-hybridized carbons (Fsp3) is 0.351. The molecule has 0 saturated carbocycles. The van der Waals surface area contributed by atoms with Crippen molar-refractivity contribution in [2.75, 3.05) is 0 Å². The molecule has 0 radical (unpaired) electrons. The quantitative estimate of drug-likeness (QED) is 0.233. The standard InChI is InChI=1S/C19H24N2.C18H22N2O/c1-14-6-7-15(2)18(12-14)21-20-17-10-8-16(9-11-17)13-19(3,4)5;1-13-5-8-15(9-6-13)19-20-16-11-14(7-10-17(16)21)12-18(2,3)4/h6-12H,13H2,1-5H3;5-11,21H,12H2,1-4H3. The average molecular weight is 563 g/mol. The van der Waals surface area contributed by atoms with E-state index < -0.39 is 0 Å². The molecule has 0 amide bonds. The highest BCUT2D eigenvalue weighted by atomic mass is 16.3.